The molecule has 0 atom stereocenters. The number of carbonyl (C=O) groups excluding carboxylic acids is 1. The van der Waals surface area contributed by atoms with Crippen LogP contribution in [0.3, 0.4) is 0 Å². The van der Waals surface area contributed by atoms with E-state index in [1.807, 2.05) is 24.3 Å². The van der Waals surface area contributed by atoms with Crippen LogP contribution in [0, 0.1) is 0 Å². The summed E-state index contributed by atoms with van der Waals surface area (Å²) in [6.45, 7) is 3.71. The summed E-state index contributed by atoms with van der Waals surface area (Å²) in [7, 11) is 1.71. The fourth-order valence-corrected chi connectivity index (χ4v) is 2.03. The van der Waals surface area contributed by atoms with Crippen molar-refractivity contribution in [2.45, 2.75) is 25.9 Å². The SMILES string of the molecule is CN(CC(C)(C)O)C(=O)Cc1ccccc1Br. The molecule has 0 saturated carbocycles. The zero-order valence-corrected chi connectivity index (χ0v) is 12.0. The van der Waals surface area contributed by atoms with Crippen LogP contribution in [-0.2, 0) is 11.2 Å². The maximum Gasteiger partial charge on any atom is 0.226 e. The van der Waals surface area contributed by atoms with Gasteiger partial charge in [-0.3, -0.25) is 4.79 Å². The second-order valence-electron chi connectivity index (χ2n) is 4.83. The topological polar surface area (TPSA) is 40.5 Å². The van der Waals surface area contributed by atoms with Crippen LogP contribution >= 0.6 is 15.9 Å². The number of amides is 1. The van der Waals surface area contributed by atoms with Crippen molar-refractivity contribution in [3.05, 3.63) is 34.3 Å². The number of nitrogens with zero attached hydrogens (tertiary/aromatic N) is 1. The highest BCUT2D eigenvalue weighted by Gasteiger charge is 2.19. The number of hydrogen-bond acceptors (Lipinski definition) is 2. The van der Waals surface area contributed by atoms with Crippen LogP contribution in [0.5, 0.6) is 0 Å². The lowest BCUT2D eigenvalue weighted by Crippen LogP contribution is -2.40. The van der Waals surface area contributed by atoms with Crippen LogP contribution in [0.1, 0.15) is 19.4 Å². The molecule has 1 N–H and O–H groups in total. The number of hydrogen-bond donors (Lipinski definition) is 1. The third-order valence-corrected chi connectivity index (χ3v) is 3.12. The Kier molecular flexibility index (Phi) is 4.71. The van der Waals surface area contributed by atoms with Gasteiger partial charge in [-0.05, 0) is 25.5 Å². The summed E-state index contributed by atoms with van der Waals surface area (Å²) in [6, 6.07) is 7.65. The van der Waals surface area contributed by atoms with Gasteiger partial charge in [0, 0.05) is 18.1 Å². The van der Waals surface area contributed by atoms with E-state index in [2.05, 4.69) is 15.9 Å². The Bertz CT molecular complexity index is 399. The van der Waals surface area contributed by atoms with Crippen molar-refractivity contribution in [1.82, 2.24) is 4.90 Å². The summed E-state index contributed by atoms with van der Waals surface area (Å²) in [5.41, 5.74) is 0.0957. The minimum Gasteiger partial charge on any atom is -0.389 e. The van der Waals surface area contributed by atoms with E-state index >= 15 is 0 Å². The Morgan fingerprint density at radius 1 is 1.41 bits per heavy atom. The number of benzene rings is 1. The van der Waals surface area contributed by atoms with Crippen molar-refractivity contribution >= 4 is 21.8 Å². The molecule has 94 valence electrons. The van der Waals surface area contributed by atoms with Crippen LogP contribution < -0.4 is 0 Å². The molecule has 0 aliphatic rings. The molecule has 0 aromatic heterocycles. The van der Waals surface area contributed by atoms with E-state index in [4.69, 9.17) is 0 Å². The van der Waals surface area contributed by atoms with Crippen molar-refractivity contribution in [1.29, 1.82) is 0 Å². The number of carbonyl (C=O) groups is 1. The summed E-state index contributed by atoms with van der Waals surface area (Å²) in [5, 5.41) is 9.65. The van der Waals surface area contributed by atoms with Gasteiger partial charge in [-0.15, -0.1) is 0 Å². The molecule has 0 aliphatic heterocycles. The number of likely N-dealkylation sites (N-methyl/N-ethyl adjacent to an activating group) is 1. The van der Waals surface area contributed by atoms with Gasteiger partial charge in [0.15, 0.2) is 0 Å². The van der Waals surface area contributed by atoms with E-state index in [9.17, 15) is 9.90 Å². The van der Waals surface area contributed by atoms with Gasteiger partial charge < -0.3 is 10.0 Å². The molecule has 1 aromatic carbocycles. The first-order chi connectivity index (χ1) is 7.79. The van der Waals surface area contributed by atoms with Crippen LogP contribution in [0.2, 0.25) is 0 Å². The van der Waals surface area contributed by atoms with Crippen LogP contribution in [0.4, 0.5) is 0 Å². The predicted octanol–water partition coefficient (Wildman–Crippen LogP) is 2.22. The summed E-state index contributed by atoms with van der Waals surface area (Å²) in [6.07, 6.45) is 0.341. The highest BCUT2D eigenvalue weighted by molar-refractivity contribution is 9.10. The van der Waals surface area contributed by atoms with Crippen molar-refractivity contribution in [2.24, 2.45) is 0 Å². The zero-order valence-electron chi connectivity index (χ0n) is 10.4. The van der Waals surface area contributed by atoms with Gasteiger partial charge in [-0.25, -0.2) is 0 Å². The van der Waals surface area contributed by atoms with Gasteiger partial charge in [0.2, 0.25) is 5.91 Å². The van der Waals surface area contributed by atoms with Crippen LogP contribution in [0.25, 0.3) is 0 Å². The van der Waals surface area contributed by atoms with Crippen molar-refractivity contribution in [2.75, 3.05) is 13.6 Å². The monoisotopic (exact) mass is 299 g/mol. The molecule has 3 nitrogen and oxygen atoms in total. The van der Waals surface area contributed by atoms with E-state index in [1.54, 1.807) is 25.8 Å². The number of aliphatic hydroxyl groups is 1. The van der Waals surface area contributed by atoms with E-state index in [0.29, 0.717) is 13.0 Å². The summed E-state index contributed by atoms with van der Waals surface area (Å²) in [4.78, 5) is 13.5. The first-order valence-electron chi connectivity index (χ1n) is 5.49. The molecule has 0 bridgehead atoms. The second-order valence-corrected chi connectivity index (χ2v) is 5.68. The third kappa shape index (κ3) is 4.88. The van der Waals surface area contributed by atoms with Gasteiger partial charge in [-0.1, -0.05) is 34.1 Å². The Labute approximate surface area is 111 Å². The molecule has 1 aromatic rings. The van der Waals surface area contributed by atoms with Gasteiger partial charge in [-0.2, -0.15) is 0 Å². The molecule has 0 radical (unpaired) electrons. The molecule has 0 heterocycles. The van der Waals surface area contributed by atoms with Gasteiger partial charge in [0.05, 0.1) is 12.0 Å². The van der Waals surface area contributed by atoms with Gasteiger partial charge >= 0.3 is 0 Å². The van der Waals surface area contributed by atoms with E-state index in [1.165, 1.54) is 0 Å². The van der Waals surface area contributed by atoms with Crippen molar-refractivity contribution in [3.8, 4) is 0 Å². The van der Waals surface area contributed by atoms with E-state index in [0.717, 1.165) is 10.0 Å². The highest BCUT2D eigenvalue weighted by Crippen LogP contribution is 2.17. The zero-order chi connectivity index (χ0) is 13.1. The summed E-state index contributed by atoms with van der Waals surface area (Å²) >= 11 is 3.42. The van der Waals surface area contributed by atoms with Crippen molar-refractivity contribution in [3.63, 3.8) is 0 Å². The fourth-order valence-electron chi connectivity index (χ4n) is 1.61. The number of halogens is 1. The first kappa shape index (κ1) is 14.2. The molecule has 0 spiro atoms. The molecular weight excluding hydrogens is 282 g/mol. The molecule has 0 unspecified atom stereocenters. The van der Waals surface area contributed by atoms with Crippen LogP contribution in [-0.4, -0.2) is 35.1 Å². The average Bonchev–Trinajstić information content (AvgIpc) is 2.18. The molecule has 0 aliphatic carbocycles. The molecule has 0 saturated heterocycles. The van der Waals surface area contributed by atoms with Gasteiger partial charge in [0.1, 0.15) is 0 Å². The quantitative estimate of drug-likeness (QED) is 0.926. The van der Waals surface area contributed by atoms with Gasteiger partial charge in [0.25, 0.3) is 0 Å². The maximum absolute atomic E-state index is 11.9. The largest absolute Gasteiger partial charge is 0.389 e. The molecule has 1 amide bonds. The minimum absolute atomic E-state index is 0.000903. The Morgan fingerprint density at radius 3 is 2.53 bits per heavy atom. The normalized spacial score (nSPS) is 11.4. The summed E-state index contributed by atoms with van der Waals surface area (Å²) < 4.78 is 0.935. The minimum atomic E-state index is -0.863. The lowest BCUT2D eigenvalue weighted by Gasteiger charge is -2.25. The lowest BCUT2D eigenvalue weighted by molar-refractivity contribution is -0.131. The fraction of sp³-hybridized carbons (Fsp3) is 0.462. The smallest absolute Gasteiger partial charge is 0.226 e. The molecule has 4 heteroatoms. The average molecular weight is 300 g/mol. The third-order valence-electron chi connectivity index (χ3n) is 2.35. The Morgan fingerprint density at radius 2 is 2.00 bits per heavy atom. The Hall–Kier alpha value is -0.870. The van der Waals surface area contributed by atoms with Crippen LogP contribution in [0.15, 0.2) is 28.7 Å². The lowest BCUT2D eigenvalue weighted by atomic mass is 10.1. The molecule has 17 heavy (non-hydrogen) atoms. The second kappa shape index (κ2) is 5.65. The van der Waals surface area contributed by atoms with E-state index < -0.39 is 5.60 Å². The molecular formula is C13H18BrNO2. The maximum atomic E-state index is 11.9. The van der Waals surface area contributed by atoms with Crippen molar-refractivity contribution < 1.29 is 9.90 Å². The number of rotatable bonds is 4. The Balaban J connectivity index is 2.64. The molecule has 0 fully saturated rings. The molecule has 1 rings (SSSR count). The highest BCUT2D eigenvalue weighted by atomic mass is 79.9. The predicted molar refractivity (Wildman–Crippen MR) is 71.8 cm³/mol. The standard InChI is InChI=1S/C13H18BrNO2/c1-13(2,17)9-15(3)12(16)8-10-6-4-5-7-11(10)14/h4-7,17H,8-9H2,1-3H3. The van der Waals surface area contributed by atoms with E-state index in [-0.39, 0.29) is 5.91 Å². The first-order valence-corrected chi connectivity index (χ1v) is 6.28. The summed E-state index contributed by atoms with van der Waals surface area (Å²) in [5.74, 6) is -0.000903.